The Hall–Kier alpha value is -3.70. The minimum atomic E-state index is -3.90. The number of fused-ring (bicyclic) bond motifs is 1. The van der Waals surface area contributed by atoms with E-state index >= 15 is 4.39 Å². The largest absolute Gasteiger partial charge is 0.338 e. The van der Waals surface area contributed by atoms with Crippen LogP contribution in [-0.4, -0.2) is 57.5 Å². The van der Waals surface area contributed by atoms with Crippen molar-refractivity contribution in [1.29, 1.82) is 0 Å². The highest BCUT2D eigenvalue weighted by Gasteiger charge is 2.53. The molecule has 9 nitrogen and oxygen atoms in total. The average Bonchev–Trinajstić information content (AvgIpc) is 3.41. The van der Waals surface area contributed by atoms with Crippen LogP contribution >= 0.6 is 11.6 Å². The quantitative estimate of drug-likeness (QED) is 0.322. The van der Waals surface area contributed by atoms with Gasteiger partial charge in [-0.1, -0.05) is 48.4 Å². The molecule has 1 saturated heterocycles. The highest BCUT2D eigenvalue weighted by Crippen LogP contribution is 2.48. The van der Waals surface area contributed by atoms with Crippen LogP contribution < -0.4 is 0 Å². The van der Waals surface area contributed by atoms with Gasteiger partial charge in [-0.3, -0.25) is 9.59 Å². The molecule has 1 saturated carbocycles. The van der Waals surface area contributed by atoms with Crippen LogP contribution in [0, 0.1) is 11.2 Å². The van der Waals surface area contributed by atoms with Gasteiger partial charge < -0.3 is 4.90 Å². The van der Waals surface area contributed by atoms with E-state index < -0.39 is 38.9 Å². The predicted molar refractivity (Wildman–Crippen MR) is 146 cm³/mol. The molecule has 4 heterocycles. The van der Waals surface area contributed by atoms with E-state index in [2.05, 4.69) is 15.0 Å². The Kier molecular flexibility index (Phi) is 6.46. The normalized spacial score (nSPS) is 21.6. The number of amides is 1. The number of halogens is 2. The maximum atomic E-state index is 15.2. The van der Waals surface area contributed by atoms with E-state index in [-0.39, 0.29) is 27.9 Å². The van der Waals surface area contributed by atoms with Crippen molar-refractivity contribution in [2.24, 2.45) is 5.41 Å². The van der Waals surface area contributed by atoms with Crippen molar-refractivity contribution in [2.75, 3.05) is 13.6 Å². The summed E-state index contributed by atoms with van der Waals surface area (Å²) in [5.41, 5.74) is 0.379. The SMILES string of the molecule is CN1C[C@@]2(CCC[C@H](c3nc(-c4cn(S(=O)(=O)Cc5ccccc5)c5ncc(Cl)cc45)ncc3F)C2)C(=O)C1=O. The lowest BCUT2D eigenvalue weighted by atomic mass is 9.67. The topological polar surface area (TPSA) is 115 Å². The van der Waals surface area contributed by atoms with E-state index in [9.17, 15) is 18.0 Å². The standard InChI is InChI=1S/C28H25ClFN5O4S/c1-34-16-28(24(36)27(34)37)9-5-8-18(11-28)23-22(30)13-31-25(33-23)21-14-35(26-20(21)10-19(29)12-32-26)40(38,39)15-17-6-3-2-4-7-17/h2-4,6-7,10,12-14,18H,5,8-9,11,15-16H2,1H3/t18-,28-/m0/s1. The number of hydrogen-bond acceptors (Lipinski definition) is 7. The summed E-state index contributed by atoms with van der Waals surface area (Å²) in [7, 11) is -2.30. The predicted octanol–water partition coefficient (Wildman–Crippen LogP) is 4.35. The molecule has 12 heteroatoms. The summed E-state index contributed by atoms with van der Waals surface area (Å²) in [5.74, 6) is -2.12. The zero-order valence-corrected chi connectivity index (χ0v) is 23.1. The first-order valence-corrected chi connectivity index (χ1v) is 14.8. The molecule has 3 aromatic heterocycles. The summed E-state index contributed by atoms with van der Waals surface area (Å²) in [6.45, 7) is 0.303. The van der Waals surface area contributed by atoms with Crippen LogP contribution in [0.2, 0.25) is 5.02 Å². The summed E-state index contributed by atoms with van der Waals surface area (Å²) in [6.07, 6.45) is 5.92. The third-order valence-corrected chi connectivity index (χ3v) is 9.66. The molecule has 0 unspecified atom stereocenters. The summed E-state index contributed by atoms with van der Waals surface area (Å²) in [6, 6.07) is 10.4. The summed E-state index contributed by atoms with van der Waals surface area (Å²) < 4.78 is 43.2. The van der Waals surface area contributed by atoms with Crippen LogP contribution in [0.3, 0.4) is 0 Å². The van der Waals surface area contributed by atoms with Gasteiger partial charge >= 0.3 is 0 Å². The number of aromatic nitrogens is 4. The van der Waals surface area contributed by atoms with Gasteiger partial charge in [-0.2, -0.15) is 0 Å². The molecular weight excluding hydrogens is 557 g/mol. The van der Waals surface area contributed by atoms with Crippen molar-refractivity contribution in [2.45, 2.75) is 37.4 Å². The molecule has 1 amide bonds. The van der Waals surface area contributed by atoms with E-state index in [1.54, 1.807) is 43.4 Å². The van der Waals surface area contributed by atoms with Crippen molar-refractivity contribution in [3.05, 3.63) is 77.1 Å². The van der Waals surface area contributed by atoms with Crippen molar-refractivity contribution < 1.29 is 22.4 Å². The fourth-order valence-electron chi connectivity index (χ4n) is 6.04. The molecule has 1 aromatic carbocycles. The number of carbonyl (C=O) groups excluding carboxylic acids is 2. The van der Waals surface area contributed by atoms with E-state index in [0.29, 0.717) is 48.7 Å². The maximum absolute atomic E-state index is 15.2. The van der Waals surface area contributed by atoms with E-state index in [1.807, 2.05) is 0 Å². The molecule has 2 fully saturated rings. The number of nitrogens with zero attached hydrogens (tertiary/aromatic N) is 5. The average molecular weight is 582 g/mol. The van der Waals surface area contributed by atoms with Gasteiger partial charge in [0.25, 0.3) is 5.91 Å². The zero-order valence-electron chi connectivity index (χ0n) is 21.5. The molecule has 6 rings (SSSR count). The van der Waals surface area contributed by atoms with Crippen LogP contribution in [-0.2, 0) is 25.4 Å². The number of ketones is 1. The lowest BCUT2D eigenvalue weighted by Gasteiger charge is -2.35. The summed E-state index contributed by atoms with van der Waals surface area (Å²) in [5, 5.41) is 0.692. The van der Waals surface area contributed by atoms with E-state index in [0.717, 1.165) is 10.2 Å². The molecule has 2 aliphatic rings. The minimum Gasteiger partial charge on any atom is -0.338 e. The van der Waals surface area contributed by atoms with Gasteiger partial charge in [-0.05, 0) is 30.9 Å². The van der Waals surface area contributed by atoms with Crippen LogP contribution in [0.1, 0.15) is 42.9 Å². The molecule has 0 radical (unpaired) electrons. The van der Waals surface area contributed by atoms with Gasteiger partial charge in [0.1, 0.15) is 0 Å². The van der Waals surface area contributed by atoms with Crippen molar-refractivity contribution >= 4 is 44.3 Å². The number of benzene rings is 1. The first kappa shape index (κ1) is 26.5. The second kappa shape index (κ2) is 9.74. The smallest absolute Gasteiger partial charge is 0.290 e. The van der Waals surface area contributed by atoms with Crippen LogP contribution in [0.5, 0.6) is 0 Å². The lowest BCUT2D eigenvalue weighted by molar-refractivity contribution is -0.142. The third-order valence-electron chi connectivity index (χ3n) is 7.88. The highest BCUT2D eigenvalue weighted by atomic mass is 35.5. The Labute approximate surface area is 235 Å². The number of likely N-dealkylation sites (N-methyl/N-ethyl adjacent to an activating group) is 1. The Bertz CT molecular complexity index is 1780. The number of pyridine rings is 1. The molecule has 206 valence electrons. The molecule has 0 N–H and O–H groups in total. The second-order valence-corrected chi connectivity index (χ2v) is 12.9. The first-order chi connectivity index (χ1) is 19.1. The Morgan fingerprint density at radius 3 is 2.65 bits per heavy atom. The number of Topliss-reactive ketones (excluding diaryl/α,β-unsaturated/α-hetero) is 1. The van der Waals surface area contributed by atoms with Crippen molar-refractivity contribution in [3.63, 3.8) is 0 Å². The Morgan fingerprint density at radius 2 is 1.93 bits per heavy atom. The molecular formula is C28H25ClFN5O4S. The van der Waals surface area contributed by atoms with Gasteiger partial charge in [-0.25, -0.2) is 31.7 Å². The molecule has 1 spiro atoms. The minimum absolute atomic E-state index is 0.115. The highest BCUT2D eigenvalue weighted by molar-refractivity contribution is 7.89. The maximum Gasteiger partial charge on any atom is 0.290 e. The first-order valence-electron chi connectivity index (χ1n) is 12.8. The van der Waals surface area contributed by atoms with E-state index in [1.165, 1.54) is 17.3 Å². The Morgan fingerprint density at radius 1 is 1.15 bits per heavy atom. The van der Waals surface area contributed by atoms with Gasteiger partial charge in [0.2, 0.25) is 15.8 Å². The molecule has 1 aliphatic heterocycles. The van der Waals surface area contributed by atoms with Gasteiger partial charge in [0.15, 0.2) is 17.3 Å². The number of carbonyl (C=O) groups is 2. The van der Waals surface area contributed by atoms with Crippen molar-refractivity contribution in [1.82, 2.24) is 23.8 Å². The van der Waals surface area contributed by atoms with Gasteiger partial charge in [0, 0.05) is 42.9 Å². The number of likely N-dealkylation sites (tertiary alicyclic amines) is 1. The molecule has 0 bridgehead atoms. The molecule has 4 aromatic rings. The fraction of sp³-hybridized carbons (Fsp3) is 0.321. The van der Waals surface area contributed by atoms with Crippen LogP contribution in [0.25, 0.3) is 22.4 Å². The van der Waals surface area contributed by atoms with E-state index in [4.69, 9.17) is 11.6 Å². The second-order valence-electron chi connectivity index (χ2n) is 10.6. The number of hydrogen-bond donors (Lipinski definition) is 0. The fourth-order valence-corrected chi connectivity index (χ4v) is 7.62. The van der Waals surface area contributed by atoms with Gasteiger partial charge in [0.05, 0.1) is 28.1 Å². The van der Waals surface area contributed by atoms with Gasteiger partial charge in [-0.15, -0.1) is 0 Å². The summed E-state index contributed by atoms with van der Waals surface area (Å²) in [4.78, 5) is 39.6. The van der Waals surface area contributed by atoms with Crippen LogP contribution in [0.4, 0.5) is 4.39 Å². The monoisotopic (exact) mass is 581 g/mol. The lowest BCUT2D eigenvalue weighted by Crippen LogP contribution is -2.36. The Balaban J connectivity index is 1.42. The molecule has 1 aliphatic carbocycles. The number of rotatable bonds is 5. The third kappa shape index (κ3) is 4.46. The molecule has 40 heavy (non-hydrogen) atoms. The molecule has 2 atom stereocenters. The van der Waals surface area contributed by atoms with Crippen molar-refractivity contribution in [3.8, 4) is 11.4 Å². The zero-order chi connectivity index (χ0) is 28.2. The van der Waals surface area contributed by atoms with Crippen LogP contribution in [0.15, 0.2) is 55.0 Å². The summed E-state index contributed by atoms with van der Waals surface area (Å²) >= 11 is 6.23.